The maximum atomic E-state index is 12.5. The molecule has 0 radical (unpaired) electrons. The molecule has 4 N–H and O–H groups in total. The first-order chi connectivity index (χ1) is 10.7. The standard InChI is InChI=1S/C15H25N3O4S.ClH/c1-11(2)14(16)15(20)17-10-12-6-4-5-7-13(12)23(21,22)18(3)8-9-19;/h4-7,11,14,19H,8-10,16H2,1-3H3,(H,17,20);1H/t14-;/m0./s1. The summed E-state index contributed by atoms with van der Waals surface area (Å²) in [6.07, 6.45) is 0. The number of aliphatic hydroxyl groups is 1. The van der Waals surface area contributed by atoms with Gasteiger partial charge < -0.3 is 16.2 Å². The van der Waals surface area contributed by atoms with Gasteiger partial charge in [0, 0.05) is 20.1 Å². The Kier molecular flexibility index (Phi) is 9.46. The van der Waals surface area contributed by atoms with Gasteiger partial charge >= 0.3 is 0 Å². The fourth-order valence-corrected chi connectivity index (χ4v) is 3.31. The lowest BCUT2D eigenvalue weighted by atomic mass is 10.0. The summed E-state index contributed by atoms with van der Waals surface area (Å²) in [5.74, 6) is -0.333. The second-order valence-corrected chi connectivity index (χ2v) is 7.66. The smallest absolute Gasteiger partial charge is 0.243 e. The lowest BCUT2D eigenvalue weighted by Gasteiger charge is -2.19. The Morgan fingerprint density at radius 1 is 1.33 bits per heavy atom. The number of aliphatic hydroxyl groups excluding tert-OH is 1. The number of nitrogens with two attached hydrogens (primary N) is 1. The van der Waals surface area contributed by atoms with Crippen LogP contribution in [0.15, 0.2) is 29.2 Å². The Bertz CT molecular complexity index is 637. The molecule has 0 aliphatic heterocycles. The van der Waals surface area contributed by atoms with E-state index in [9.17, 15) is 13.2 Å². The van der Waals surface area contributed by atoms with E-state index < -0.39 is 16.1 Å². The molecule has 0 bridgehead atoms. The van der Waals surface area contributed by atoms with Gasteiger partial charge in [-0.3, -0.25) is 4.79 Å². The summed E-state index contributed by atoms with van der Waals surface area (Å²) in [6.45, 7) is 3.49. The zero-order chi connectivity index (χ0) is 17.6. The topological polar surface area (TPSA) is 113 Å². The number of sulfonamides is 1. The van der Waals surface area contributed by atoms with Gasteiger partial charge in [0.15, 0.2) is 0 Å². The van der Waals surface area contributed by atoms with Crippen molar-refractivity contribution in [2.45, 2.75) is 31.3 Å². The molecule has 0 saturated heterocycles. The average Bonchev–Trinajstić information content (AvgIpc) is 2.52. The third-order valence-electron chi connectivity index (χ3n) is 3.55. The highest BCUT2D eigenvalue weighted by Crippen LogP contribution is 2.19. The number of carbonyl (C=O) groups is 1. The first-order valence-corrected chi connectivity index (χ1v) is 8.84. The van der Waals surface area contributed by atoms with Crippen molar-refractivity contribution in [3.8, 4) is 0 Å². The molecule has 0 heterocycles. The molecule has 24 heavy (non-hydrogen) atoms. The monoisotopic (exact) mass is 379 g/mol. The van der Waals surface area contributed by atoms with Crippen molar-refractivity contribution in [2.75, 3.05) is 20.2 Å². The molecule has 0 saturated carbocycles. The molecule has 9 heteroatoms. The number of benzene rings is 1. The van der Waals surface area contributed by atoms with Gasteiger partial charge in [-0.1, -0.05) is 32.0 Å². The van der Waals surface area contributed by atoms with E-state index in [-0.39, 0.29) is 48.8 Å². The van der Waals surface area contributed by atoms with E-state index >= 15 is 0 Å². The van der Waals surface area contributed by atoms with Gasteiger partial charge in [-0.25, -0.2) is 8.42 Å². The van der Waals surface area contributed by atoms with E-state index in [1.54, 1.807) is 18.2 Å². The van der Waals surface area contributed by atoms with Crippen molar-refractivity contribution < 1.29 is 18.3 Å². The Morgan fingerprint density at radius 3 is 2.46 bits per heavy atom. The van der Waals surface area contributed by atoms with Crippen LogP contribution >= 0.6 is 12.4 Å². The van der Waals surface area contributed by atoms with Gasteiger partial charge in [0.2, 0.25) is 15.9 Å². The summed E-state index contributed by atoms with van der Waals surface area (Å²) in [5.41, 5.74) is 6.24. The first-order valence-electron chi connectivity index (χ1n) is 7.40. The number of carbonyl (C=O) groups excluding carboxylic acids is 1. The van der Waals surface area contributed by atoms with E-state index in [1.807, 2.05) is 13.8 Å². The third kappa shape index (κ3) is 5.71. The molecule has 0 fully saturated rings. The van der Waals surface area contributed by atoms with Crippen LogP contribution in [0.1, 0.15) is 19.4 Å². The molecule has 0 aromatic heterocycles. The molecule has 0 aliphatic rings. The maximum Gasteiger partial charge on any atom is 0.243 e. The van der Waals surface area contributed by atoms with Crippen LogP contribution in [-0.2, 0) is 21.4 Å². The summed E-state index contributed by atoms with van der Waals surface area (Å²) in [4.78, 5) is 12.0. The van der Waals surface area contributed by atoms with E-state index in [2.05, 4.69) is 5.32 Å². The van der Waals surface area contributed by atoms with Crippen molar-refractivity contribution in [2.24, 2.45) is 11.7 Å². The summed E-state index contributed by atoms with van der Waals surface area (Å²) >= 11 is 0. The van der Waals surface area contributed by atoms with Crippen LogP contribution in [0.4, 0.5) is 0 Å². The van der Waals surface area contributed by atoms with Gasteiger partial charge in [-0.2, -0.15) is 4.31 Å². The van der Waals surface area contributed by atoms with Crippen LogP contribution < -0.4 is 11.1 Å². The number of rotatable bonds is 8. The predicted molar refractivity (Wildman–Crippen MR) is 95.3 cm³/mol. The number of likely N-dealkylation sites (N-methyl/N-ethyl adjacent to an activating group) is 1. The minimum absolute atomic E-state index is 0. The van der Waals surface area contributed by atoms with E-state index in [0.29, 0.717) is 5.56 Å². The van der Waals surface area contributed by atoms with Gasteiger partial charge in [0.05, 0.1) is 17.5 Å². The maximum absolute atomic E-state index is 12.5. The minimum Gasteiger partial charge on any atom is -0.395 e. The van der Waals surface area contributed by atoms with Gasteiger partial charge in [-0.15, -0.1) is 12.4 Å². The van der Waals surface area contributed by atoms with Crippen LogP contribution in [0.3, 0.4) is 0 Å². The van der Waals surface area contributed by atoms with Crippen molar-refractivity contribution in [3.05, 3.63) is 29.8 Å². The highest BCUT2D eigenvalue weighted by molar-refractivity contribution is 7.89. The van der Waals surface area contributed by atoms with Crippen LogP contribution in [0.5, 0.6) is 0 Å². The summed E-state index contributed by atoms with van der Waals surface area (Å²) in [5, 5.41) is 11.6. The Hall–Kier alpha value is -1.19. The SMILES string of the molecule is CC(C)[C@H](N)C(=O)NCc1ccccc1S(=O)(=O)N(C)CCO.Cl. The molecule has 0 unspecified atom stereocenters. The Morgan fingerprint density at radius 2 is 1.92 bits per heavy atom. The number of hydrogen-bond donors (Lipinski definition) is 3. The van der Waals surface area contributed by atoms with Crippen molar-refractivity contribution in [1.82, 2.24) is 9.62 Å². The lowest BCUT2D eigenvalue weighted by molar-refractivity contribution is -0.123. The molecule has 1 rings (SSSR count). The first kappa shape index (κ1) is 22.8. The lowest BCUT2D eigenvalue weighted by Crippen LogP contribution is -2.43. The molecule has 7 nitrogen and oxygen atoms in total. The summed E-state index contributed by atoms with van der Waals surface area (Å²) < 4.78 is 26.1. The number of nitrogens with zero attached hydrogens (tertiary/aromatic N) is 1. The van der Waals surface area contributed by atoms with E-state index in [4.69, 9.17) is 10.8 Å². The molecule has 0 spiro atoms. The number of hydrogen-bond acceptors (Lipinski definition) is 5. The summed E-state index contributed by atoms with van der Waals surface area (Å²) in [6, 6.07) is 5.80. The zero-order valence-corrected chi connectivity index (χ0v) is 15.7. The van der Waals surface area contributed by atoms with E-state index in [0.717, 1.165) is 4.31 Å². The van der Waals surface area contributed by atoms with Crippen molar-refractivity contribution >= 4 is 28.3 Å². The highest BCUT2D eigenvalue weighted by Gasteiger charge is 2.24. The van der Waals surface area contributed by atoms with Gasteiger partial charge in [0.1, 0.15) is 0 Å². The molecule has 1 aromatic rings. The minimum atomic E-state index is -3.73. The molecule has 1 atom stereocenters. The van der Waals surface area contributed by atoms with Crippen LogP contribution in [0, 0.1) is 5.92 Å². The zero-order valence-electron chi connectivity index (χ0n) is 14.1. The molecular formula is C15H26ClN3O4S. The molecule has 0 aliphatic carbocycles. The quantitative estimate of drug-likeness (QED) is 0.602. The van der Waals surface area contributed by atoms with Crippen LogP contribution in [0.25, 0.3) is 0 Å². The molecular weight excluding hydrogens is 354 g/mol. The Balaban J connectivity index is 0.00000529. The molecule has 138 valence electrons. The largest absolute Gasteiger partial charge is 0.395 e. The highest BCUT2D eigenvalue weighted by atomic mass is 35.5. The van der Waals surface area contributed by atoms with Gasteiger partial charge in [0.25, 0.3) is 0 Å². The van der Waals surface area contributed by atoms with Crippen molar-refractivity contribution in [1.29, 1.82) is 0 Å². The fourth-order valence-electron chi connectivity index (χ4n) is 1.93. The molecule has 1 aromatic carbocycles. The number of halogens is 1. The van der Waals surface area contributed by atoms with E-state index in [1.165, 1.54) is 13.1 Å². The van der Waals surface area contributed by atoms with Crippen LogP contribution in [-0.4, -0.2) is 50.0 Å². The third-order valence-corrected chi connectivity index (χ3v) is 5.51. The average molecular weight is 380 g/mol. The normalized spacial score (nSPS) is 12.8. The van der Waals surface area contributed by atoms with Gasteiger partial charge in [-0.05, 0) is 17.5 Å². The summed E-state index contributed by atoms with van der Waals surface area (Å²) in [7, 11) is -2.33. The predicted octanol–water partition coefficient (Wildman–Crippen LogP) is 0.321. The second kappa shape index (κ2) is 9.95. The second-order valence-electron chi connectivity index (χ2n) is 5.65. The van der Waals surface area contributed by atoms with Crippen LogP contribution in [0.2, 0.25) is 0 Å². The number of nitrogens with one attached hydrogen (secondary N) is 1. The fraction of sp³-hybridized carbons (Fsp3) is 0.533. The Labute approximate surface area is 149 Å². The number of amides is 1. The molecule has 1 amide bonds. The van der Waals surface area contributed by atoms with Crippen molar-refractivity contribution in [3.63, 3.8) is 0 Å².